The van der Waals surface area contributed by atoms with E-state index in [1.165, 1.54) is 18.6 Å². The summed E-state index contributed by atoms with van der Waals surface area (Å²) in [5.41, 5.74) is 0.880. The van der Waals surface area contributed by atoms with E-state index in [0.29, 0.717) is 4.75 Å². The number of fused-ring (bicyclic) bond motifs is 1. The Bertz CT molecular complexity index is 573. The second-order valence-corrected chi connectivity index (χ2v) is 6.82. The quantitative estimate of drug-likeness (QED) is 0.899. The number of nitrogens with one attached hydrogen (secondary N) is 2. The van der Waals surface area contributed by atoms with Gasteiger partial charge in [-0.2, -0.15) is 11.8 Å². The third-order valence-electron chi connectivity index (χ3n) is 3.56. The van der Waals surface area contributed by atoms with Gasteiger partial charge in [0.1, 0.15) is 5.82 Å². The molecule has 0 saturated carbocycles. The molecule has 3 heterocycles. The zero-order valence-corrected chi connectivity index (χ0v) is 12.1. The van der Waals surface area contributed by atoms with E-state index in [4.69, 9.17) is 0 Å². The van der Waals surface area contributed by atoms with Gasteiger partial charge in [0, 0.05) is 30.7 Å². The Kier molecular flexibility index (Phi) is 3.26. The molecule has 19 heavy (non-hydrogen) atoms. The average molecular weight is 277 g/mol. The van der Waals surface area contributed by atoms with Crippen LogP contribution in [-0.2, 0) is 0 Å². The molecule has 1 fully saturated rings. The molecule has 0 aliphatic carbocycles. The first kappa shape index (κ1) is 12.6. The molecular formula is C13H19N5S. The van der Waals surface area contributed by atoms with Crippen molar-refractivity contribution in [1.29, 1.82) is 0 Å². The summed E-state index contributed by atoms with van der Waals surface area (Å²) in [7, 11) is 1.88. The highest BCUT2D eigenvalue weighted by Crippen LogP contribution is 2.37. The van der Waals surface area contributed by atoms with Crippen LogP contribution in [0.15, 0.2) is 18.6 Å². The second-order valence-electron chi connectivity index (χ2n) is 5.14. The summed E-state index contributed by atoms with van der Waals surface area (Å²) < 4.78 is 2.31. The van der Waals surface area contributed by atoms with Crippen LogP contribution in [0.3, 0.4) is 0 Å². The lowest BCUT2D eigenvalue weighted by atomic mass is 10.1. The number of rotatable bonds is 4. The molecule has 2 aromatic rings. The molecular weight excluding hydrogens is 258 g/mol. The maximum absolute atomic E-state index is 4.57. The van der Waals surface area contributed by atoms with E-state index in [9.17, 15) is 0 Å². The number of anilines is 2. The number of imidazole rings is 1. The molecule has 102 valence electrons. The Balaban J connectivity index is 1.85. The van der Waals surface area contributed by atoms with Crippen molar-refractivity contribution in [2.45, 2.75) is 24.5 Å². The van der Waals surface area contributed by atoms with E-state index in [1.807, 2.05) is 35.6 Å². The fourth-order valence-corrected chi connectivity index (χ4v) is 3.66. The largest absolute Gasteiger partial charge is 0.372 e. The van der Waals surface area contributed by atoms with Crippen LogP contribution in [0.4, 0.5) is 11.6 Å². The van der Waals surface area contributed by atoms with E-state index in [-0.39, 0.29) is 0 Å². The summed E-state index contributed by atoms with van der Waals surface area (Å²) in [6, 6.07) is 0. The van der Waals surface area contributed by atoms with E-state index in [0.717, 1.165) is 23.8 Å². The Hall–Kier alpha value is -1.43. The molecule has 0 bridgehead atoms. The number of hydrogen-bond acceptors (Lipinski definition) is 5. The lowest BCUT2D eigenvalue weighted by Gasteiger charge is -2.23. The zero-order chi connectivity index (χ0) is 13.3. The van der Waals surface area contributed by atoms with E-state index in [1.54, 1.807) is 6.20 Å². The van der Waals surface area contributed by atoms with Crippen LogP contribution in [0.25, 0.3) is 5.65 Å². The molecule has 2 N–H and O–H groups in total. The van der Waals surface area contributed by atoms with Crippen LogP contribution in [-0.4, -0.2) is 38.5 Å². The fraction of sp³-hybridized carbons (Fsp3) is 0.538. The molecule has 6 heteroatoms. The normalized spacial score (nSPS) is 22.8. The van der Waals surface area contributed by atoms with Crippen LogP contribution in [0.1, 0.15) is 19.8 Å². The Morgan fingerprint density at radius 1 is 1.53 bits per heavy atom. The second kappa shape index (κ2) is 4.92. The van der Waals surface area contributed by atoms with Crippen LogP contribution in [0.5, 0.6) is 0 Å². The van der Waals surface area contributed by atoms with Gasteiger partial charge >= 0.3 is 0 Å². The highest BCUT2D eigenvalue weighted by Gasteiger charge is 2.29. The predicted octanol–water partition coefficient (Wildman–Crippen LogP) is 2.47. The van der Waals surface area contributed by atoms with E-state index < -0.39 is 0 Å². The number of aromatic nitrogens is 3. The first-order valence-electron chi connectivity index (χ1n) is 6.59. The summed E-state index contributed by atoms with van der Waals surface area (Å²) in [5, 5.41) is 6.56. The van der Waals surface area contributed by atoms with Gasteiger partial charge in [-0.25, -0.2) is 9.97 Å². The topological polar surface area (TPSA) is 54.2 Å². The van der Waals surface area contributed by atoms with Crippen molar-refractivity contribution < 1.29 is 0 Å². The summed E-state index contributed by atoms with van der Waals surface area (Å²) in [6.07, 6.45) is 8.26. The van der Waals surface area contributed by atoms with Crippen molar-refractivity contribution in [2.24, 2.45) is 0 Å². The minimum absolute atomic E-state index is 0.320. The van der Waals surface area contributed by atoms with Gasteiger partial charge < -0.3 is 15.0 Å². The molecule has 1 aliphatic rings. The maximum atomic E-state index is 4.57. The molecule has 1 atom stereocenters. The molecule has 1 saturated heterocycles. The van der Waals surface area contributed by atoms with Gasteiger partial charge in [0.15, 0.2) is 11.5 Å². The van der Waals surface area contributed by atoms with Gasteiger partial charge in [-0.3, -0.25) is 0 Å². The summed E-state index contributed by atoms with van der Waals surface area (Å²) in [6.45, 7) is 3.25. The summed E-state index contributed by atoms with van der Waals surface area (Å²) in [5.74, 6) is 2.96. The van der Waals surface area contributed by atoms with Crippen LogP contribution in [0, 0.1) is 0 Å². The SMILES string of the molecule is CNc1cn2ccnc2c(NCC2(C)CCCS2)n1. The first-order chi connectivity index (χ1) is 9.20. The van der Waals surface area contributed by atoms with Crippen LogP contribution < -0.4 is 10.6 Å². The lowest BCUT2D eigenvalue weighted by Crippen LogP contribution is -2.27. The summed E-state index contributed by atoms with van der Waals surface area (Å²) in [4.78, 5) is 8.93. The van der Waals surface area contributed by atoms with Crippen LogP contribution >= 0.6 is 11.8 Å². The number of hydrogen-bond donors (Lipinski definition) is 2. The van der Waals surface area contributed by atoms with Crippen molar-refractivity contribution in [3.63, 3.8) is 0 Å². The van der Waals surface area contributed by atoms with Crippen molar-refractivity contribution in [2.75, 3.05) is 30.0 Å². The molecule has 0 amide bonds. The molecule has 0 aromatic carbocycles. The van der Waals surface area contributed by atoms with Crippen LogP contribution in [0.2, 0.25) is 0 Å². The van der Waals surface area contributed by atoms with Gasteiger partial charge in [0.2, 0.25) is 0 Å². The highest BCUT2D eigenvalue weighted by atomic mass is 32.2. The molecule has 1 aliphatic heterocycles. The Morgan fingerprint density at radius 2 is 2.42 bits per heavy atom. The molecule has 0 radical (unpaired) electrons. The number of nitrogens with zero attached hydrogens (tertiary/aromatic N) is 3. The minimum atomic E-state index is 0.320. The molecule has 5 nitrogen and oxygen atoms in total. The minimum Gasteiger partial charge on any atom is -0.372 e. The van der Waals surface area contributed by atoms with Gasteiger partial charge in [-0.15, -0.1) is 0 Å². The lowest BCUT2D eigenvalue weighted by molar-refractivity contribution is 0.634. The smallest absolute Gasteiger partial charge is 0.180 e. The maximum Gasteiger partial charge on any atom is 0.180 e. The Morgan fingerprint density at radius 3 is 3.16 bits per heavy atom. The van der Waals surface area contributed by atoms with Crippen molar-refractivity contribution >= 4 is 29.0 Å². The van der Waals surface area contributed by atoms with Crippen molar-refractivity contribution in [3.8, 4) is 0 Å². The van der Waals surface area contributed by atoms with E-state index in [2.05, 4.69) is 27.5 Å². The third-order valence-corrected chi connectivity index (χ3v) is 5.10. The van der Waals surface area contributed by atoms with Gasteiger partial charge in [-0.05, 0) is 25.5 Å². The standard InChI is InChI=1S/C13H19N5S/c1-13(4-3-7-19-13)9-16-11-12-15-5-6-18(12)8-10(14-2)17-11/h5-6,8,14H,3-4,7,9H2,1-2H3,(H,16,17). The average Bonchev–Trinajstić information content (AvgIpc) is 3.04. The summed E-state index contributed by atoms with van der Waals surface area (Å²) >= 11 is 2.05. The molecule has 1 unspecified atom stereocenters. The molecule has 3 rings (SSSR count). The van der Waals surface area contributed by atoms with Crippen molar-refractivity contribution in [1.82, 2.24) is 14.4 Å². The van der Waals surface area contributed by atoms with Gasteiger partial charge in [-0.1, -0.05) is 0 Å². The molecule has 2 aromatic heterocycles. The third kappa shape index (κ3) is 2.49. The van der Waals surface area contributed by atoms with Crippen molar-refractivity contribution in [3.05, 3.63) is 18.6 Å². The van der Waals surface area contributed by atoms with Gasteiger partial charge in [0.25, 0.3) is 0 Å². The monoisotopic (exact) mass is 277 g/mol. The fourth-order valence-electron chi connectivity index (χ4n) is 2.42. The Labute approximate surface area is 117 Å². The number of thioether (sulfide) groups is 1. The highest BCUT2D eigenvalue weighted by molar-refractivity contribution is 8.00. The van der Waals surface area contributed by atoms with E-state index >= 15 is 0 Å². The van der Waals surface area contributed by atoms with Gasteiger partial charge in [0.05, 0.1) is 6.20 Å². The predicted molar refractivity (Wildman–Crippen MR) is 81.1 cm³/mol. The first-order valence-corrected chi connectivity index (χ1v) is 7.58. The molecule has 0 spiro atoms. The zero-order valence-electron chi connectivity index (χ0n) is 11.3.